The monoisotopic (exact) mass is 274 g/mol. The molecule has 0 amide bonds. The molecule has 0 aliphatic heterocycles. The minimum atomic E-state index is 0.688. The van der Waals surface area contributed by atoms with E-state index in [0.717, 1.165) is 28.8 Å². The van der Waals surface area contributed by atoms with Gasteiger partial charge in [-0.25, -0.2) is 0 Å². The number of halogens is 1. The van der Waals surface area contributed by atoms with Crippen LogP contribution in [-0.4, -0.2) is 26.7 Å². The molecule has 0 aromatic heterocycles. The molecule has 1 aromatic rings. The summed E-state index contributed by atoms with van der Waals surface area (Å²) in [6, 6.07) is 3.79. The molecule has 0 spiro atoms. The second-order valence-electron chi connectivity index (χ2n) is 2.96. The zero-order valence-electron chi connectivity index (χ0n) is 9.17. The lowest BCUT2D eigenvalue weighted by atomic mass is 10.1. The maximum atomic E-state index is 5.28. The summed E-state index contributed by atoms with van der Waals surface area (Å²) in [5, 5.41) is 0.888. The quantitative estimate of drug-likeness (QED) is 0.773. The van der Waals surface area contributed by atoms with E-state index in [1.54, 1.807) is 21.3 Å². The highest BCUT2D eigenvalue weighted by molar-refractivity contribution is 9.09. The number of aryl methyl sites for hydroxylation is 1. The summed E-state index contributed by atoms with van der Waals surface area (Å²) in [7, 11) is 4.89. The van der Waals surface area contributed by atoms with Gasteiger partial charge in [0.1, 0.15) is 5.75 Å². The van der Waals surface area contributed by atoms with Gasteiger partial charge < -0.3 is 14.2 Å². The minimum absolute atomic E-state index is 0.688. The van der Waals surface area contributed by atoms with Crippen molar-refractivity contribution in [1.82, 2.24) is 0 Å². The zero-order valence-corrected chi connectivity index (χ0v) is 10.8. The van der Waals surface area contributed by atoms with Gasteiger partial charge in [0.2, 0.25) is 0 Å². The van der Waals surface area contributed by atoms with Crippen molar-refractivity contribution in [2.75, 3.05) is 26.7 Å². The fourth-order valence-electron chi connectivity index (χ4n) is 1.39. The zero-order chi connectivity index (χ0) is 11.3. The van der Waals surface area contributed by atoms with Crippen LogP contribution in [0.3, 0.4) is 0 Å². The second kappa shape index (κ2) is 5.85. The summed E-state index contributed by atoms with van der Waals surface area (Å²) in [5.74, 6) is 2.24. The molecule has 3 nitrogen and oxygen atoms in total. The maximum Gasteiger partial charge on any atom is 0.164 e. The Balaban J connectivity index is 3.15. The third kappa shape index (κ3) is 2.78. The van der Waals surface area contributed by atoms with Crippen LogP contribution in [0, 0.1) is 0 Å². The van der Waals surface area contributed by atoms with Crippen LogP contribution in [0.15, 0.2) is 12.1 Å². The van der Waals surface area contributed by atoms with E-state index in [9.17, 15) is 0 Å². The molecular formula is C11H15BrO3. The Morgan fingerprint density at radius 2 is 1.47 bits per heavy atom. The molecule has 1 aromatic carbocycles. The average Bonchev–Trinajstić information content (AvgIpc) is 2.28. The van der Waals surface area contributed by atoms with E-state index in [-0.39, 0.29) is 0 Å². The van der Waals surface area contributed by atoms with E-state index in [1.165, 1.54) is 0 Å². The summed E-state index contributed by atoms with van der Waals surface area (Å²) in [6.45, 7) is 0. The summed E-state index contributed by atoms with van der Waals surface area (Å²) < 4.78 is 15.7. The Labute approximate surface area is 98.5 Å². The van der Waals surface area contributed by atoms with E-state index in [0.29, 0.717) is 5.75 Å². The molecule has 0 N–H and O–H groups in total. The van der Waals surface area contributed by atoms with Gasteiger partial charge in [-0.2, -0.15) is 0 Å². The number of ether oxygens (including phenoxy) is 3. The molecule has 0 fully saturated rings. The van der Waals surface area contributed by atoms with Gasteiger partial charge in [0, 0.05) is 11.4 Å². The first kappa shape index (κ1) is 12.2. The first-order valence-corrected chi connectivity index (χ1v) is 5.73. The summed E-state index contributed by atoms with van der Waals surface area (Å²) in [6.07, 6.45) is 0.892. The Morgan fingerprint density at radius 3 is 1.93 bits per heavy atom. The van der Waals surface area contributed by atoms with Crippen LogP contribution in [0.5, 0.6) is 17.2 Å². The lowest BCUT2D eigenvalue weighted by Crippen LogP contribution is -1.97. The summed E-state index contributed by atoms with van der Waals surface area (Å²) in [5.41, 5.74) is 1.10. The molecule has 0 heterocycles. The van der Waals surface area contributed by atoms with Gasteiger partial charge in [0.15, 0.2) is 11.5 Å². The largest absolute Gasteiger partial charge is 0.496 e. The van der Waals surface area contributed by atoms with Crippen LogP contribution in [0.4, 0.5) is 0 Å². The second-order valence-corrected chi connectivity index (χ2v) is 3.75. The molecule has 0 saturated carbocycles. The van der Waals surface area contributed by atoms with E-state index in [1.807, 2.05) is 12.1 Å². The van der Waals surface area contributed by atoms with Gasteiger partial charge in [0.25, 0.3) is 0 Å². The van der Waals surface area contributed by atoms with Crippen LogP contribution in [0.1, 0.15) is 5.56 Å². The van der Waals surface area contributed by atoms with Crippen LogP contribution in [0.2, 0.25) is 0 Å². The molecule has 0 atom stereocenters. The van der Waals surface area contributed by atoms with Crippen molar-refractivity contribution in [1.29, 1.82) is 0 Å². The molecule has 0 saturated heterocycles. The van der Waals surface area contributed by atoms with Crippen LogP contribution >= 0.6 is 15.9 Å². The van der Waals surface area contributed by atoms with Crippen molar-refractivity contribution in [2.24, 2.45) is 0 Å². The molecule has 1 rings (SSSR count). The highest BCUT2D eigenvalue weighted by Crippen LogP contribution is 2.34. The molecule has 0 bridgehead atoms. The standard InChI is InChI=1S/C11H15BrO3/c1-13-9-7-11(15-3)10(14-2)6-8(9)4-5-12/h6-7H,4-5H2,1-3H3. The van der Waals surface area contributed by atoms with Crippen molar-refractivity contribution in [2.45, 2.75) is 6.42 Å². The molecular weight excluding hydrogens is 260 g/mol. The third-order valence-corrected chi connectivity index (χ3v) is 2.55. The lowest BCUT2D eigenvalue weighted by Gasteiger charge is -2.13. The first-order chi connectivity index (χ1) is 7.26. The molecule has 0 aliphatic carbocycles. The molecule has 4 heteroatoms. The highest BCUT2D eigenvalue weighted by Gasteiger charge is 2.10. The number of methoxy groups -OCH3 is 3. The molecule has 0 aliphatic rings. The highest BCUT2D eigenvalue weighted by atomic mass is 79.9. The van der Waals surface area contributed by atoms with E-state index >= 15 is 0 Å². The Morgan fingerprint density at radius 1 is 0.933 bits per heavy atom. The van der Waals surface area contributed by atoms with Crippen molar-refractivity contribution in [3.8, 4) is 17.2 Å². The molecule has 15 heavy (non-hydrogen) atoms. The number of hydrogen-bond donors (Lipinski definition) is 0. The van der Waals surface area contributed by atoms with Crippen molar-refractivity contribution in [3.05, 3.63) is 17.7 Å². The van der Waals surface area contributed by atoms with E-state index in [2.05, 4.69) is 15.9 Å². The van der Waals surface area contributed by atoms with Crippen LogP contribution < -0.4 is 14.2 Å². The third-order valence-electron chi connectivity index (χ3n) is 2.15. The van der Waals surface area contributed by atoms with Gasteiger partial charge in [-0.15, -0.1) is 0 Å². The molecule has 0 unspecified atom stereocenters. The van der Waals surface area contributed by atoms with Gasteiger partial charge in [0.05, 0.1) is 21.3 Å². The van der Waals surface area contributed by atoms with Gasteiger partial charge >= 0.3 is 0 Å². The van der Waals surface area contributed by atoms with Crippen molar-refractivity contribution < 1.29 is 14.2 Å². The van der Waals surface area contributed by atoms with Gasteiger partial charge in [-0.1, -0.05) is 15.9 Å². The Bertz CT molecular complexity index is 326. The fraction of sp³-hybridized carbons (Fsp3) is 0.455. The number of alkyl halides is 1. The maximum absolute atomic E-state index is 5.28. The van der Waals surface area contributed by atoms with Crippen LogP contribution in [-0.2, 0) is 6.42 Å². The summed E-state index contributed by atoms with van der Waals surface area (Å²) >= 11 is 3.40. The summed E-state index contributed by atoms with van der Waals surface area (Å²) in [4.78, 5) is 0. The van der Waals surface area contributed by atoms with Crippen molar-refractivity contribution in [3.63, 3.8) is 0 Å². The van der Waals surface area contributed by atoms with E-state index in [4.69, 9.17) is 14.2 Å². The Kier molecular flexibility index (Phi) is 4.75. The normalized spacial score (nSPS) is 9.87. The fourth-order valence-corrected chi connectivity index (χ4v) is 1.82. The predicted octanol–water partition coefficient (Wildman–Crippen LogP) is 2.65. The molecule has 84 valence electrons. The molecule has 0 radical (unpaired) electrons. The SMILES string of the molecule is COc1cc(OC)c(OC)cc1CCBr. The van der Waals surface area contributed by atoms with Gasteiger partial charge in [-0.05, 0) is 18.1 Å². The number of rotatable bonds is 5. The topological polar surface area (TPSA) is 27.7 Å². The first-order valence-electron chi connectivity index (χ1n) is 4.61. The average molecular weight is 275 g/mol. The van der Waals surface area contributed by atoms with Crippen LogP contribution in [0.25, 0.3) is 0 Å². The smallest absolute Gasteiger partial charge is 0.164 e. The van der Waals surface area contributed by atoms with Gasteiger partial charge in [-0.3, -0.25) is 0 Å². The lowest BCUT2D eigenvalue weighted by molar-refractivity contribution is 0.347. The van der Waals surface area contributed by atoms with Crippen molar-refractivity contribution >= 4 is 15.9 Å². The minimum Gasteiger partial charge on any atom is -0.496 e. The number of hydrogen-bond acceptors (Lipinski definition) is 3. The predicted molar refractivity (Wildman–Crippen MR) is 63.6 cm³/mol. The van der Waals surface area contributed by atoms with E-state index < -0.39 is 0 Å². The Hall–Kier alpha value is -0.900. The number of benzene rings is 1.